The largest absolute Gasteiger partial charge is 0.241 e. The standard InChI is InChI=1S/C15H13ClFNO2S2/c16-10-3-1-4-11(9-10)22(19,20)18-14-7-8-21-15-12(14)5-2-6-13(15)17/h1-6,9,14,18H,7-8H2/t14-/m1/s1. The molecule has 1 aliphatic heterocycles. The first kappa shape index (κ1) is 15.8. The fourth-order valence-electron chi connectivity index (χ4n) is 2.40. The molecule has 0 bridgehead atoms. The van der Waals surface area contributed by atoms with Crippen molar-refractivity contribution < 1.29 is 12.8 Å². The van der Waals surface area contributed by atoms with E-state index in [1.807, 2.05) is 0 Å². The summed E-state index contributed by atoms with van der Waals surface area (Å²) >= 11 is 7.26. The Morgan fingerprint density at radius 1 is 1.23 bits per heavy atom. The quantitative estimate of drug-likeness (QED) is 0.903. The Morgan fingerprint density at radius 2 is 2.00 bits per heavy atom. The minimum atomic E-state index is -3.70. The summed E-state index contributed by atoms with van der Waals surface area (Å²) in [5, 5.41) is 0.355. The lowest BCUT2D eigenvalue weighted by Crippen LogP contribution is -2.31. The molecular formula is C15H13ClFNO2S2. The molecular weight excluding hydrogens is 345 g/mol. The maximum Gasteiger partial charge on any atom is 0.241 e. The van der Waals surface area contributed by atoms with Crippen molar-refractivity contribution in [1.29, 1.82) is 0 Å². The third kappa shape index (κ3) is 3.15. The van der Waals surface area contributed by atoms with Crippen LogP contribution in [0.15, 0.2) is 52.3 Å². The Morgan fingerprint density at radius 3 is 2.77 bits per heavy atom. The fourth-order valence-corrected chi connectivity index (χ4v) is 5.09. The van der Waals surface area contributed by atoms with Crippen molar-refractivity contribution in [1.82, 2.24) is 4.72 Å². The van der Waals surface area contributed by atoms with Gasteiger partial charge in [-0.1, -0.05) is 29.8 Å². The summed E-state index contributed by atoms with van der Waals surface area (Å²) < 4.78 is 41.4. The molecule has 7 heteroatoms. The average molecular weight is 358 g/mol. The minimum Gasteiger partial charge on any atom is -0.207 e. The fraction of sp³-hybridized carbons (Fsp3) is 0.200. The molecule has 1 aliphatic rings. The van der Waals surface area contributed by atoms with Crippen molar-refractivity contribution in [3.63, 3.8) is 0 Å². The molecule has 0 fully saturated rings. The van der Waals surface area contributed by atoms with Crippen LogP contribution in [0.25, 0.3) is 0 Å². The van der Waals surface area contributed by atoms with Crippen molar-refractivity contribution >= 4 is 33.4 Å². The van der Waals surface area contributed by atoms with Crippen molar-refractivity contribution in [2.75, 3.05) is 5.75 Å². The molecule has 0 saturated carbocycles. The van der Waals surface area contributed by atoms with E-state index < -0.39 is 16.1 Å². The molecule has 0 aliphatic carbocycles. The van der Waals surface area contributed by atoms with E-state index in [4.69, 9.17) is 11.6 Å². The van der Waals surface area contributed by atoms with Gasteiger partial charge in [-0.2, -0.15) is 0 Å². The van der Waals surface area contributed by atoms with Gasteiger partial charge in [0.25, 0.3) is 0 Å². The van der Waals surface area contributed by atoms with Crippen molar-refractivity contribution in [2.24, 2.45) is 0 Å². The van der Waals surface area contributed by atoms with Gasteiger partial charge in [0.05, 0.1) is 4.90 Å². The maximum absolute atomic E-state index is 13.8. The molecule has 116 valence electrons. The highest BCUT2D eigenvalue weighted by molar-refractivity contribution is 7.99. The van der Waals surface area contributed by atoms with Crippen LogP contribution in [-0.2, 0) is 10.0 Å². The Labute approximate surface area is 137 Å². The summed E-state index contributed by atoms with van der Waals surface area (Å²) in [7, 11) is -3.70. The molecule has 0 radical (unpaired) electrons. The van der Waals surface area contributed by atoms with E-state index in [0.717, 1.165) is 0 Å². The van der Waals surface area contributed by atoms with Gasteiger partial charge < -0.3 is 0 Å². The van der Waals surface area contributed by atoms with Crippen molar-refractivity contribution in [3.05, 3.63) is 58.9 Å². The molecule has 1 atom stereocenters. The molecule has 0 aromatic heterocycles. The third-order valence-corrected chi connectivity index (χ3v) is 6.29. The van der Waals surface area contributed by atoms with E-state index in [1.54, 1.807) is 24.3 Å². The first-order valence-electron chi connectivity index (χ1n) is 6.66. The van der Waals surface area contributed by atoms with Crippen molar-refractivity contribution in [3.8, 4) is 0 Å². The highest BCUT2D eigenvalue weighted by atomic mass is 35.5. The zero-order chi connectivity index (χ0) is 15.7. The number of rotatable bonds is 3. The predicted octanol–water partition coefficient (Wildman–Crippen LogP) is 3.99. The molecule has 2 aromatic rings. The van der Waals surface area contributed by atoms with Crippen LogP contribution in [0, 0.1) is 5.82 Å². The number of sulfonamides is 1. The monoisotopic (exact) mass is 357 g/mol. The van der Waals surface area contributed by atoms with E-state index in [9.17, 15) is 12.8 Å². The van der Waals surface area contributed by atoms with Crippen LogP contribution < -0.4 is 4.72 Å². The lowest BCUT2D eigenvalue weighted by molar-refractivity contribution is 0.533. The number of halogens is 2. The molecule has 1 N–H and O–H groups in total. The molecule has 3 nitrogen and oxygen atoms in total. The Balaban J connectivity index is 1.93. The number of thioether (sulfide) groups is 1. The first-order chi connectivity index (χ1) is 10.5. The zero-order valence-corrected chi connectivity index (χ0v) is 13.8. The van der Waals surface area contributed by atoms with Gasteiger partial charge in [0.15, 0.2) is 0 Å². The SMILES string of the molecule is O=S(=O)(N[C@@H]1CCSc2c(F)cccc21)c1cccc(Cl)c1. The van der Waals surface area contributed by atoms with Crippen LogP contribution in [0.5, 0.6) is 0 Å². The second kappa shape index (κ2) is 6.20. The van der Waals surface area contributed by atoms with Gasteiger partial charge in [0.2, 0.25) is 10.0 Å². The van der Waals surface area contributed by atoms with E-state index in [-0.39, 0.29) is 10.7 Å². The number of hydrogen-bond donors (Lipinski definition) is 1. The van der Waals surface area contributed by atoms with Gasteiger partial charge >= 0.3 is 0 Å². The van der Waals surface area contributed by atoms with Crippen LogP contribution >= 0.6 is 23.4 Å². The van der Waals surface area contributed by atoms with Gasteiger partial charge in [0, 0.05) is 16.0 Å². The first-order valence-corrected chi connectivity index (χ1v) is 9.51. The Bertz CT molecular complexity index is 811. The zero-order valence-electron chi connectivity index (χ0n) is 11.4. The van der Waals surface area contributed by atoms with E-state index >= 15 is 0 Å². The molecule has 22 heavy (non-hydrogen) atoms. The highest BCUT2D eigenvalue weighted by Crippen LogP contribution is 2.38. The molecule has 2 aromatic carbocycles. The number of fused-ring (bicyclic) bond motifs is 1. The molecule has 0 unspecified atom stereocenters. The third-order valence-electron chi connectivity index (χ3n) is 3.43. The lowest BCUT2D eigenvalue weighted by atomic mass is 10.0. The summed E-state index contributed by atoms with van der Waals surface area (Å²) in [6.45, 7) is 0. The summed E-state index contributed by atoms with van der Waals surface area (Å²) in [5.74, 6) is 0.352. The number of nitrogens with one attached hydrogen (secondary N) is 1. The van der Waals surface area contributed by atoms with Crippen LogP contribution in [0.3, 0.4) is 0 Å². The molecule has 1 heterocycles. The molecule has 3 rings (SSSR count). The van der Waals surface area contributed by atoms with Gasteiger partial charge in [-0.05, 0) is 42.0 Å². The van der Waals surface area contributed by atoms with Crippen LogP contribution in [0.1, 0.15) is 18.0 Å². The molecule has 0 amide bonds. The topological polar surface area (TPSA) is 46.2 Å². The average Bonchev–Trinajstić information content (AvgIpc) is 2.48. The van der Waals surface area contributed by atoms with E-state index in [1.165, 1.54) is 30.0 Å². The molecule has 0 saturated heterocycles. The van der Waals surface area contributed by atoms with Gasteiger partial charge in [-0.15, -0.1) is 11.8 Å². The van der Waals surface area contributed by atoms with E-state index in [0.29, 0.717) is 27.7 Å². The summed E-state index contributed by atoms with van der Waals surface area (Å²) in [6.07, 6.45) is 0.612. The second-order valence-corrected chi connectivity index (χ2v) is 8.18. The van der Waals surface area contributed by atoms with Crippen LogP contribution in [0.2, 0.25) is 5.02 Å². The van der Waals surface area contributed by atoms with Crippen LogP contribution in [-0.4, -0.2) is 14.2 Å². The molecule has 0 spiro atoms. The number of hydrogen-bond acceptors (Lipinski definition) is 3. The van der Waals surface area contributed by atoms with E-state index in [2.05, 4.69) is 4.72 Å². The Hall–Kier alpha value is -1.08. The summed E-state index contributed by atoms with van der Waals surface area (Å²) in [4.78, 5) is 0.628. The Kier molecular flexibility index (Phi) is 4.45. The van der Waals surface area contributed by atoms with Gasteiger partial charge in [-0.25, -0.2) is 17.5 Å². The van der Waals surface area contributed by atoms with Gasteiger partial charge in [-0.3, -0.25) is 0 Å². The summed E-state index contributed by atoms with van der Waals surface area (Å²) in [5.41, 5.74) is 0.682. The highest BCUT2D eigenvalue weighted by Gasteiger charge is 2.27. The minimum absolute atomic E-state index is 0.108. The maximum atomic E-state index is 13.8. The normalized spacial score (nSPS) is 18.0. The number of benzene rings is 2. The van der Waals surface area contributed by atoms with Crippen molar-refractivity contribution in [2.45, 2.75) is 22.3 Å². The van der Waals surface area contributed by atoms with Gasteiger partial charge in [0.1, 0.15) is 5.82 Å². The lowest BCUT2D eigenvalue weighted by Gasteiger charge is -2.26. The van der Waals surface area contributed by atoms with Crippen LogP contribution in [0.4, 0.5) is 4.39 Å². The smallest absolute Gasteiger partial charge is 0.207 e. The summed E-state index contributed by atoms with van der Waals surface area (Å²) in [6, 6.07) is 10.4. The predicted molar refractivity (Wildman–Crippen MR) is 86.3 cm³/mol. The second-order valence-electron chi connectivity index (χ2n) is 4.93.